The van der Waals surface area contributed by atoms with Gasteiger partial charge in [0.05, 0.1) is 5.51 Å². The molecular formula is C14H9ClN2OS. The fraction of sp³-hybridized carbons (Fsp3) is 0. The summed E-state index contributed by atoms with van der Waals surface area (Å²) in [6.07, 6.45) is 1.61. The maximum Gasteiger partial charge on any atom is 0.208 e. The molecule has 19 heavy (non-hydrogen) atoms. The second kappa shape index (κ2) is 5.38. The third-order valence-electron chi connectivity index (χ3n) is 2.49. The minimum absolute atomic E-state index is 0.406. The number of rotatable bonds is 3. The lowest BCUT2D eigenvalue weighted by Gasteiger charge is -2.05. The molecule has 3 nitrogen and oxygen atoms in total. The van der Waals surface area contributed by atoms with Gasteiger partial charge in [-0.3, -0.25) is 0 Å². The largest absolute Gasteiger partial charge is 0.444 e. The summed E-state index contributed by atoms with van der Waals surface area (Å²) >= 11 is 7.29. The molecule has 0 aliphatic carbocycles. The number of nitrogens with zero attached hydrogens (tertiary/aromatic N) is 2. The molecule has 0 aliphatic rings. The molecule has 5 heteroatoms. The van der Waals surface area contributed by atoms with Gasteiger partial charge in [-0.1, -0.05) is 53.3 Å². The van der Waals surface area contributed by atoms with Crippen LogP contribution in [0.1, 0.15) is 0 Å². The predicted molar refractivity (Wildman–Crippen MR) is 76.9 cm³/mol. The van der Waals surface area contributed by atoms with Crippen LogP contribution < -0.4 is 4.74 Å². The molecule has 0 radical (unpaired) electrons. The number of aromatic nitrogens is 2. The summed E-state index contributed by atoms with van der Waals surface area (Å²) in [5.74, 6) is 0.654. The molecule has 0 aliphatic heterocycles. The van der Waals surface area contributed by atoms with Crippen molar-refractivity contribution < 1.29 is 4.74 Å². The van der Waals surface area contributed by atoms with Crippen molar-refractivity contribution in [1.82, 2.24) is 9.97 Å². The first-order valence-electron chi connectivity index (χ1n) is 5.61. The smallest absolute Gasteiger partial charge is 0.208 e. The van der Waals surface area contributed by atoms with Gasteiger partial charge < -0.3 is 4.74 Å². The Morgan fingerprint density at radius 3 is 2.68 bits per heavy atom. The topological polar surface area (TPSA) is 35.0 Å². The predicted octanol–water partition coefficient (Wildman–Crippen LogP) is 4.65. The maximum atomic E-state index is 5.84. The maximum absolute atomic E-state index is 5.84. The van der Waals surface area contributed by atoms with E-state index in [4.69, 9.17) is 16.3 Å². The molecule has 1 aromatic carbocycles. The molecule has 0 N–H and O–H groups in total. The minimum Gasteiger partial charge on any atom is -0.444 e. The molecule has 0 saturated heterocycles. The van der Waals surface area contributed by atoms with Gasteiger partial charge >= 0.3 is 0 Å². The number of ether oxygens (including phenoxy) is 1. The lowest BCUT2D eigenvalue weighted by molar-refractivity contribution is 0.496. The molecule has 2 aromatic heterocycles. The minimum atomic E-state index is 0.406. The number of halogens is 1. The van der Waals surface area contributed by atoms with E-state index in [9.17, 15) is 0 Å². The normalized spacial score (nSPS) is 10.4. The summed E-state index contributed by atoms with van der Waals surface area (Å²) < 4.78 is 5.82. The Morgan fingerprint density at radius 1 is 1.05 bits per heavy atom. The fourth-order valence-electron chi connectivity index (χ4n) is 1.65. The van der Waals surface area contributed by atoms with Crippen LogP contribution in [-0.4, -0.2) is 9.97 Å². The zero-order valence-corrected chi connectivity index (χ0v) is 11.4. The Labute approximate surface area is 119 Å². The van der Waals surface area contributed by atoms with Crippen molar-refractivity contribution >= 4 is 22.9 Å². The number of benzene rings is 1. The first-order chi connectivity index (χ1) is 9.33. The highest BCUT2D eigenvalue weighted by Crippen LogP contribution is 2.36. The third-order valence-corrected chi connectivity index (χ3v) is 3.40. The van der Waals surface area contributed by atoms with Crippen molar-refractivity contribution in [3.05, 3.63) is 59.3 Å². The first kappa shape index (κ1) is 12.1. The van der Waals surface area contributed by atoms with E-state index in [1.54, 1.807) is 23.8 Å². The zero-order valence-electron chi connectivity index (χ0n) is 9.79. The highest BCUT2D eigenvalue weighted by Gasteiger charge is 2.10. The number of pyridine rings is 1. The molecule has 0 amide bonds. The lowest BCUT2D eigenvalue weighted by Crippen LogP contribution is -1.86. The van der Waals surface area contributed by atoms with Gasteiger partial charge in [0.25, 0.3) is 0 Å². The van der Waals surface area contributed by atoms with E-state index in [1.807, 2.05) is 30.3 Å². The standard InChI is InChI=1S/C14H9ClN2OS/c15-12-8-11(6-7-16-12)18-14-13(17-9-19-14)10-4-2-1-3-5-10/h1-9H. The molecule has 0 saturated carbocycles. The van der Waals surface area contributed by atoms with E-state index in [1.165, 1.54) is 11.3 Å². The first-order valence-corrected chi connectivity index (χ1v) is 6.87. The molecule has 3 aromatic rings. The van der Waals surface area contributed by atoms with Gasteiger partial charge in [-0.15, -0.1) is 0 Å². The van der Waals surface area contributed by atoms with Crippen LogP contribution in [0.25, 0.3) is 11.3 Å². The second-order valence-corrected chi connectivity index (χ2v) is 4.98. The van der Waals surface area contributed by atoms with E-state index in [2.05, 4.69) is 9.97 Å². The monoisotopic (exact) mass is 288 g/mol. The molecule has 0 unspecified atom stereocenters. The SMILES string of the molecule is Clc1cc(Oc2scnc2-c2ccccc2)ccn1. The van der Waals surface area contributed by atoms with Crippen LogP contribution in [0.2, 0.25) is 5.15 Å². The Kier molecular flexibility index (Phi) is 3.44. The summed E-state index contributed by atoms with van der Waals surface area (Å²) in [5.41, 5.74) is 3.62. The average molecular weight is 289 g/mol. The molecule has 0 spiro atoms. The number of hydrogen-bond donors (Lipinski definition) is 0. The summed E-state index contributed by atoms with van der Waals surface area (Å²) in [4.78, 5) is 8.27. The van der Waals surface area contributed by atoms with E-state index >= 15 is 0 Å². The summed E-state index contributed by atoms with van der Waals surface area (Å²) in [6, 6.07) is 13.4. The van der Waals surface area contributed by atoms with Crippen molar-refractivity contribution in [2.24, 2.45) is 0 Å². The van der Waals surface area contributed by atoms with E-state index < -0.39 is 0 Å². The van der Waals surface area contributed by atoms with Gasteiger partial charge in [-0.25, -0.2) is 9.97 Å². The quantitative estimate of drug-likeness (QED) is 0.658. The van der Waals surface area contributed by atoms with Crippen LogP contribution in [0.4, 0.5) is 0 Å². The summed E-state index contributed by atoms with van der Waals surface area (Å²) in [5, 5.41) is 1.15. The van der Waals surface area contributed by atoms with E-state index in [0.717, 1.165) is 16.3 Å². The highest BCUT2D eigenvalue weighted by atomic mass is 35.5. The third kappa shape index (κ3) is 2.75. The van der Waals surface area contributed by atoms with Crippen LogP contribution in [0, 0.1) is 0 Å². The van der Waals surface area contributed by atoms with Gasteiger partial charge in [-0.2, -0.15) is 0 Å². The van der Waals surface area contributed by atoms with Crippen LogP contribution >= 0.6 is 22.9 Å². The molecule has 0 atom stereocenters. The van der Waals surface area contributed by atoms with Gasteiger partial charge in [0.15, 0.2) is 0 Å². The molecule has 3 rings (SSSR count). The molecule has 0 fully saturated rings. The fourth-order valence-corrected chi connectivity index (χ4v) is 2.50. The van der Waals surface area contributed by atoms with Crippen LogP contribution in [-0.2, 0) is 0 Å². The van der Waals surface area contributed by atoms with E-state index in [-0.39, 0.29) is 0 Å². The number of thiazole rings is 1. The summed E-state index contributed by atoms with van der Waals surface area (Å²) in [6.45, 7) is 0. The van der Waals surface area contributed by atoms with Crippen LogP contribution in [0.15, 0.2) is 54.2 Å². The Bertz CT molecular complexity index is 685. The number of hydrogen-bond acceptors (Lipinski definition) is 4. The lowest BCUT2D eigenvalue weighted by atomic mass is 10.2. The Hall–Kier alpha value is -1.91. The van der Waals surface area contributed by atoms with Crippen molar-refractivity contribution in [3.8, 4) is 22.1 Å². The van der Waals surface area contributed by atoms with Gasteiger partial charge in [-0.05, 0) is 6.07 Å². The van der Waals surface area contributed by atoms with Crippen LogP contribution in [0.5, 0.6) is 10.8 Å². The second-order valence-electron chi connectivity index (χ2n) is 3.77. The van der Waals surface area contributed by atoms with Crippen molar-refractivity contribution in [2.45, 2.75) is 0 Å². The van der Waals surface area contributed by atoms with E-state index in [0.29, 0.717) is 10.9 Å². The van der Waals surface area contributed by atoms with Crippen molar-refractivity contribution in [1.29, 1.82) is 0 Å². The molecule has 94 valence electrons. The average Bonchev–Trinajstić information content (AvgIpc) is 2.88. The summed E-state index contributed by atoms with van der Waals surface area (Å²) in [7, 11) is 0. The van der Waals surface area contributed by atoms with Gasteiger partial charge in [0, 0.05) is 17.8 Å². The van der Waals surface area contributed by atoms with Crippen molar-refractivity contribution in [2.75, 3.05) is 0 Å². The van der Waals surface area contributed by atoms with Crippen LogP contribution in [0.3, 0.4) is 0 Å². The van der Waals surface area contributed by atoms with Gasteiger partial charge in [0.1, 0.15) is 16.6 Å². The highest BCUT2D eigenvalue weighted by molar-refractivity contribution is 7.12. The molecule has 0 bridgehead atoms. The Balaban J connectivity index is 1.93. The zero-order chi connectivity index (χ0) is 13.1. The Morgan fingerprint density at radius 2 is 1.89 bits per heavy atom. The van der Waals surface area contributed by atoms with Crippen molar-refractivity contribution in [3.63, 3.8) is 0 Å². The van der Waals surface area contributed by atoms with Gasteiger partial charge in [0.2, 0.25) is 5.06 Å². The molecule has 2 heterocycles. The molecular weight excluding hydrogens is 280 g/mol.